The lowest BCUT2D eigenvalue weighted by atomic mass is 9.92. The summed E-state index contributed by atoms with van der Waals surface area (Å²) in [7, 11) is 0. The molecule has 170 valence electrons. The van der Waals surface area contributed by atoms with E-state index in [-0.39, 0.29) is 29.2 Å². The van der Waals surface area contributed by atoms with Crippen molar-refractivity contribution < 1.29 is 14.7 Å². The molecule has 1 saturated carbocycles. The first-order chi connectivity index (χ1) is 15.3. The minimum absolute atomic E-state index is 0.00111. The first kappa shape index (κ1) is 22.3. The van der Waals surface area contributed by atoms with Crippen LogP contribution in [0.15, 0.2) is 29.2 Å². The van der Waals surface area contributed by atoms with Crippen LogP contribution in [0.2, 0.25) is 0 Å². The van der Waals surface area contributed by atoms with E-state index in [0.29, 0.717) is 37.1 Å². The van der Waals surface area contributed by atoms with Crippen molar-refractivity contribution in [2.75, 3.05) is 16.8 Å². The number of aryl methyl sites for hydroxylation is 3. The Morgan fingerprint density at radius 1 is 1.03 bits per heavy atom. The molecule has 7 nitrogen and oxygen atoms in total. The maximum absolute atomic E-state index is 13.2. The van der Waals surface area contributed by atoms with Crippen molar-refractivity contribution in [1.82, 2.24) is 4.57 Å². The van der Waals surface area contributed by atoms with Crippen molar-refractivity contribution in [3.63, 3.8) is 0 Å². The van der Waals surface area contributed by atoms with Crippen LogP contribution in [0.25, 0.3) is 0 Å². The molecular weight excluding hydrogens is 406 g/mol. The summed E-state index contributed by atoms with van der Waals surface area (Å²) in [6.45, 7) is 6.28. The SMILES string of the molecule is Cc1cc(N2CCCC2=O)cc(C)c1NC(=O)c1c(C)ccn(C2CCC(O)CC2)c1=O. The Labute approximate surface area is 188 Å². The molecule has 0 atom stereocenters. The summed E-state index contributed by atoms with van der Waals surface area (Å²) < 4.78 is 1.65. The molecule has 2 amide bonds. The number of hydrogen-bond acceptors (Lipinski definition) is 4. The zero-order valence-electron chi connectivity index (χ0n) is 19.0. The maximum atomic E-state index is 13.2. The quantitative estimate of drug-likeness (QED) is 0.764. The number of rotatable bonds is 4. The van der Waals surface area contributed by atoms with Crippen molar-refractivity contribution in [3.05, 3.63) is 57.0 Å². The first-order valence-electron chi connectivity index (χ1n) is 11.4. The third-order valence-corrected chi connectivity index (χ3v) is 6.76. The summed E-state index contributed by atoms with van der Waals surface area (Å²) in [6, 6.07) is 5.63. The molecule has 2 aliphatic rings. The van der Waals surface area contributed by atoms with E-state index in [0.717, 1.165) is 36.1 Å². The second-order valence-electron chi connectivity index (χ2n) is 9.11. The highest BCUT2D eigenvalue weighted by Gasteiger charge is 2.26. The molecule has 1 saturated heterocycles. The Hall–Kier alpha value is -2.93. The second-order valence-corrected chi connectivity index (χ2v) is 9.11. The Bertz CT molecular complexity index is 1090. The number of aliphatic hydroxyl groups excluding tert-OH is 1. The normalized spacial score (nSPS) is 21.1. The number of anilines is 2. The van der Waals surface area contributed by atoms with Crippen LogP contribution in [0, 0.1) is 20.8 Å². The standard InChI is InChI=1S/C25H31N3O4/c1-15-10-12-28(18-6-8-20(29)9-7-18)25(32)22(15)24(31)26-23-16(2)13-19(14-17(23)3)27-11-4-5-21(27)30/h10,12-14,18,20,29H,4-9,11H2,1-3H3,(H,26,31). The molecule has 1 aliphatic carbocycles. The van der Waals surface area contributed by atoms with Gasteiger partial charge in [0.2, 0.25) is 5.91 Å². The fourth-order valence-corrected chi connectivity index (χ4v) is 4.93. The first-order valence-corrected chi connectivity index (χ1v) is 11.4. The molecule has 2 aromatic rings. The molecule has 0 radical (unpaired) electrons. The number of nitrogens with zero attached hydrogens (tertiary/aromatic N) is 2. The molecule has 4 rings (SSSR count). The van der Waals surface area contributed by atoms with Crippen molar-refractivity contribution in [2.24, 2.45) is 0 Å². The van der Waals surface area contributed by atoms with Crippen LogP contribution in [0.4, 0.5) is 11.4 Å². The van der Waals surface area contributed by atoms with Gasteiger partial charge >= 0.3 is 0 Å². The highest BCUT2D eigenvalue weighted by Crippen LogP contribution is 2.30. The van der Waals surface area contributed by atoms with Crippen molar-refractivity contribution >= 4 is 23.2 Å². The minimum atomic E-state index is -0.422. The number of benzene rings is 1. The number of carbonyl (C=O) groups excluding carboxylic acids is 2. The minimum Gasteiger partial charge on any atom is -0.393 e. The van der Waals surface area contributed by atoms with Gasteiger partial charge in [0, 0.05) is 36.6 Å². The number of aliphatic hydroxyl groups is 1. The van der Waals surface area contributed by atoms with E-state index in [4.69, 9.17) is 0 Å². The molecule has 1 aromatic carbocycles. The van der Waals surface area contributed by atoms with E-state index < -0.39 is 5.91 Å². The van der Waals surface area contributed by atoms with Gasteiger partial charge in [0.25, 0.3) is 11.5 Å². The summed E-state index contributed by atoms with van der Waals surface area (Å²) in [5.74, 6) is -0.301. The molecule has 0 bridgehead atoms. The monoisotopic (exact) mass is 437 g/mol. The largest absolute Gasteiger partial charge is 0.393 e. The zero-order valence-corrected chi connectivity index (χ0v) is 19.0. The van der Waals surface area contributed by atoms with Gasteiger partial charge in [-0.25, -0.2) is 0 Å². The van der Waals surface area contributed by atoms with Gasteiger partial charge in [0.05, 0.1) is 6.10 Å². The van der Waals surface area contributed by atoms with E-state index in [1.807, 2.05) is 32.0 Å². The van der Waals surface area contributed by atoms with Crippen LogP contribution in [-0.2, 0) is 4.79 Å². The van der Waals surface area contributed by atoms with Crippen LogP contribution < -0.4 is 15.8 Å². The van der Waals surface area contributed by atoms with Crippen LogP contribution >= 0.6 is 0 Å². The number of pyridine rings is 1. The number of hydrogen-bond donors (Lipinski definition) is 2. The molecule has 2 heterocycles. The van der Waals surface area contributed by atoms with Gasteiger partial charge in [0.15, 0.2) is 0 Å². The lowest BCUT2D eigenvalue weighted by molar-refractivity contribution is -0.117. The molecule has 2 fully saturated rings. The smallest absolute Gasteiger partial charge is 0.263 e. The van der Waals surface area contributed by atoms with E-state index in [2.05, 4.69) is 5.32 Å². The summed E-state index contributed by atoms with van der Waals surface area (Å²) in [5.41, 5.74) is 3.70. The highest BCUT2D eigenvalue weighted by molar-refractivity contribution is 6.06. The molecule has 1 aliphatic heterocycles. The Morgan fingerprint density at radius 3 is 2.28 bits per heavy atom. The summed E-state index contributed by atoms with van der Waals surface area (Å²) in [4.78, 5) is 40.3. The average Bonchev–Trinajstić information content (AvgIpc) is 3.17. The van der Waals surface area contributed by atoms with E-state index in [1.54, 1.807) is 22.6 Å². The van der Waals surface area contributed by atoms with E-state index >= 15 is 0 Å². The van der Waals surface area contributed by atoms with Crippen LogP contribution in [0.1, 0.15) is 71.6 Å². The number of amides is 2. The second kappa shape index (κ2) is 8.90. The van der Waals surface area contributed by atoms with E-state index in [1.165, 1.54) is 0 Å². The van der Waals surface area contributed by atoms with Gasteiger partial charge in [-0.05, 0) is 87.8 Å². The number of nitrogens with one attached hydrogen (secondary N) is 1. The number of aromatic nitrogens is 1. The van der Waals surface area contributed by atoms with Crippen LogP contribution in [0.3, 0.4) is 0 Å². The molecule has 32 heavy (non-hydrogen) atoms. The molecule has 2 N–H and O–H groups in total. The summed E-state index contributed by atoms with van der Waals surface area (Å²) in [6.07, 6.45) is 5.65. The number of carbonyl (C=O) groups is 2. The maximum Gasteiger partial charge on any atom is 0.263 e. The lowest BCUT2D eigenvalue weighted by Crippen LogP contribution is -2.34. The van der Waals surface area contributed by atoms with Gasteiger partial charge in [-0.3, -0.25) is 14.4 Å². The predicted molar refractivity (Wildman–Crippen MR) is 124 cm³/mol. The molecular formula is C25H31N3O4. The van der Waals surface area contributed by atoms with Crippen LogP contribution in [-0.4, -0.2) is 34.1 Å². The highest BCUT2D eigenvalue weighted by atomic mass is 16.3. The third kappa shape index (κ3) is 4.21. The third-order valence-electron chi connectivity index (χ3n) is 6.76. The summed E-state index contributed by atoms with van der Waals surface area (Å²) in [5, 5.41) is 12.7. The Kier molecular flexibility index (Phi) is 6.20. The van der Waals surface area contributed by atoms with Gasteiger partial charge in [-0.15, -0.1) is 0 Å². The molecule has 0 unspecified atom stereocenters. The average molecular weight is 438 g/mol. The molecule has 7 heteroatoms. The lowest BCUT2D eigenvalue weighted by Gasteiger charge is -2.27. The molecule has 1 aromatic heterocycles. The van der Waals surface area contributed by atoms with E-state index in [9.17, 15) is 19.5 Å². The topological polar surface area (TPSA) is 91.6 Å². The Morgan fingerprint density at radius 2 is 1.69 bits per heavy atom. The van der Waals surface area contributed by atoms with Crippen LogP contribution in [0.5, 0.6) is 0 Å². The predicted octanol–water partition coefficient (Wildman–Crippen LogP) is 3.63. The van der Waals surface area contributed by atoms with Gasteiger partial charge in [0.1, 0.15) is 5.56 Å². The fraction of sp³-hybridized carbons (Fsp3) is 0.480. The Balaban J connectivity index is 1.61. The van der Waals surface area contributed by atoms with Crippen molar-refractivity contribution in [3.8, 4) is 0 Å². The van der Waals surface area contributed by atoms with Gasteiger partial charge in [-0.2, -0.15) is 0 Å². The fourth-order valence-electron chi connectivity index (χ4n) is 4.93. The van der Waals surface area contributed by atoms with Crippen molar-refractivity contribution in [2.45, 2.75) is 71.4 Å². The van der Waals surface area contributed by atoms with Gasteiger partial charge < -0.3 is 19.9 Å². The zero-order chi connectivity index (χ0) is 23.0. The van der Waals surface area contributed by atoms with Crippen molar-refractivity contribution in [1.29, 1.82) is 0 Å². The van der Waals surface area contributed by atoms with Gasteiger partial charge in [-0.1, -0.05) is 0 Å². The molecule has 0 spiro atoms. The summed E-state index contributed by atoms with van der Waals surface area (Å²) >= 11 is 0.